The molecule has 7 nitrogen and oxygen atoms in total. The first-order valence-electron chi connectivity index (χ1n) is 11.0. The summed E-state index contributed by atoms with van der Waals surface area (Å²) in [6.07, 6.45) is 1.11. The molecule has 0 aliphatic carbocycles. The van der Waals surface area contributed by atoms with Crippen molar-refractivity contribution in [1.29, 1.82) is 0 Å². The largest absolute Gasteiger partial charge is 0.495 e. The maximum absolute atomic E-state index is 12.9. The van der Waals surface area contributed by atoms with Gasteiger partial charge in [-0.25, -0.2) is 0 Å². The Morgan fingerprint density at radius 1 is 1.03 bits per heavy atom. The number of hydrogen-bond donors (Lipinski definition) is 0. The molecule has 1 amide bonds. The molecule has 0 unspecified atom stereocenters. The van der Waals surface area contributed by atoms with Crippen molar-refractivity contribution in [2.75, 3.05) is 38.2 Å². The van der Waals surface area contributed by atoms with Gasteiger partial charge < -0.3 is 14.5 Å². The van der Waals surface area contributed by atoms with Crippen molar-refractivity contribution in [2.24, 2.45) is 0 Å². The number of aryl methyl sites for hydroxylation is 1. The monoisotopic (exact) mass is 466 g/mol. The normalized spacial score (nSPS) is 14.2. The number of ether oxygens (including phenoxy) is 1. The van der Waals surface area contributed by atoms with Gasteiger partial charge >= 0.3 is 0 Å². The summed E-state index contributed by atoms with van der Waals surface area (Å²) in [6.45, 7) is 4.68. The molecule has 3 aromatic rings. The summed E-state index contributed by atoms with van der Waals surface area (Å²) >= 11 is 6.20. The minimum absolute atomic E-state index is 0.0654. The Bertz CT molecular complexity index is 1190. The van der Waals surface area contributed by atoms with Crippen molar-refractivity contribution in [3.8, 4) is 11.4 Å². The number of carbonyl (C=O) groups is 1. The van der Waals surface area contributed by atoms with Crippen LogP contribution in [0.5, 0.6) is 5.75 Å². The first-order chi connectivity index (χ1) is 15.9. The van der Waals surface area contributed by atoms with E-state index in [-0.39, 0.29) is 11.5 Å². The highest BCUT2D eigenvalue weighted by Gasteiger charge is 2.21. The molecular formula is C25H27ClN4O3. The Balaban J connectivity index is 1.44. The van der Waals surface area contributed by atoms with E-state index in [4.69, 9.17) is 16.3 Å². The van der Waals surface area contributed by atoms with E-state index in [1.54, 1.807) is 31.4 Å². The third kappa shape index (κ3) is 5.37. The van der Waals surface area contributed by atoms with Crippen LogP contribution in [-0.2, 0) is 11.2 Å². The third-order valence-corrected chi connectivity index (χ3v) is 6.10. The van der Waals surface area contributed by atoms with Gasteiger partial charge in [0.2, 0.25) is 5.91 Å². The molecule has 0 spiro atoms. The molecule has 172 valence electrons. The fourth-order valence-electron chi connectivity index (χ4n) is 3.94. The fourth-order valence-corrected chi connectivity index (χ4v) is 4.22. The summed E-state index contributed by atoms with van der Waals surface area (Å²) in [6, 6.07) is 16.4. The predicted octanol–water partition coefficient (Wildman–Crippen LogP) is 3.48. The zero-order valence-corrected chi connectivity index (χ0v) is 19.6. The molecule has 0 radical (unpaired) electrons. The van der Waals surface area contributed by atoms with E-state index in [1.165, 1.54) is 4.68 Å². The molecule has 0 saturated carbocycles. The van der Waals surface area contributed by atoms with Crippen molar-refractivity contribution < 1.29 is 9.53 Å². The summed E-state index contributed by atoms with van der Waals surface area (Å²) in [4.78, 5) is 29.3. The van der Waals surface area contributed by atoms with E-state index < -0.39 is 0 Å². The number of methoxy groups -OCH3 is 1. The first kappa shape index (κ1) is 22.9. The highest BCUT2D eigenvalue weighted by atomic mass is 35.5. The van der Waals surface area contributed by atoms with Crippen molar-refractivity contribution in [3.63, 3.8) is 0 Å². The van der Waals surface area contributed by atoms with Gasteiger partial charge in [-0.15, -0.1) is 5.10 Å². The van der Waals surface area contributed by atoms with Gasteiger partial charge in [0.15, 0.2) is 0 Å². The second-order valence-corrected chi connectivity index (χ2v) is 8.55. The lowest BCUT2D eigenvalue weighted by Crippen LogP contribution is -2.36. The minimum Gasteiger partial charge on any atom is -0.495 e. The van der Waals surface area contributed by atoms with Gasteiger partial charge in [-0.3, -0.25) is 9.59 Å². The number of aromatic nitrogens is 2. The van der Waals surface area contributed by atoms with E-state index >= 15 is 0 Å². The number of hydrogen-bond acceptors (Lipinski definition) is 5. The number of nitrogens with zero attached hydrogens (tertiary/aromatic N) is 4. The van der Waals surface area contributed by atoms with Crippen LogP contribution >= 0.6 is 11.6 Å². The summed E-state index contributed by atoms with van der Waals surface area (Å²) in [5, 5.41) is 5.10. The van der Waals surface area contributed by atoms with Gasteiger partial charge in [0.05, 0.1) is 24.2 Å². The first-order valence-corrected chi connectivity index (χ1v) is 11.3. The van der Waals surface area contributed by atoms with E-state index in [0.29, 0.717) is 36.8 Å². The summed E-state index contributed by atoms with van der Waals surface area (Å²) in [7, 11) is 1.57. The van der Waals surface area contributed by atoms with Crippen molar-refractivity contribution in [1.82, 2.24) is 14.7 Å². The van der Waals surface area contributed by atoms with Crippen LogP contribution in [0.1, 0.15) is 17.5 Å². The molecule has 0 atom stereocenters. The molecule has 0 bridgehead atoms. The van der Waals surface area contributed by atoms with E-state index in [1.807, 2.05) is 42.2 Å². The van der Waals surface area contributed by atoms with Crippen LogP contribution in [0, 0.1) is 6.92 Å². The predicted molar refractivity (Wildman–Crippen MR) is 130 cm³/mol. The van der Waals surface area contributed by atoms with Crippen LogP contribution in [0.15, 0.2) is 59.4 Å². The Morgan fingerprint density at radius 2 is 1.82 bits per heavy atom. The van der Waals surface area contributed by atoms with Crippen LogP contribution in [-0.4, -0.2) is 53.9 Å². The number of rotatable bonds is 5. The van der Waals surface area contributed by atoms with Gasteiger partial charge in [-0.2, -0.15) is 4.68 Å². The van der Waals surface area contributed by atoms with Gasteiger partial charge in [0.1, 0.15) is 11.6 Å². The molecule has 0 N–H and O–H groups in total. The average Bonchev–Trinajstić information content (AvgIpc) is 3.07. The molecule has 1 aliphatic heterocycles. The Morgan fingerprint density at radius 3 is 2.55 bits per heavy atom. The van der Waals surface area contributed by atoms with Gasteiger partial charge in [-0.1, -0.05) is 35.4 Å². The SMILES string of the molecule is COc1ccc(CC(=O)N2CCCN(c3ccc(=O)n(-c4ccc(C)cc4)n3)CC2)cc1Cl. The molecule has 1 fully saturated rings. The topological polar surface area (TPSA) is 67.7 Å². The van der Waals surface area contributed by atoms with Crippen molar-refractivity contribution in [3.05, 3.63) is 81.1 Å². The zero-order valence-electron chi connectivity index (χ0n) is 18.8. The maximum Gasteiger partial charge on any atom is 0.271 e. The van der Waals surface area contributed by atoms with Crippen molar-refractivity contribution in [2.45, 2.75) is 19.8 Å². The maximum atomic E-state index is 12.9. The molecule has 8 heteroatoms. The van der Waals surface area contributed by atoms with Crippen LogP contribution in [0.25, 0.3) is 5.69 Å². The molecule has 2 aromatic carbocycles. The summed E-state index contributed by atoms with van der Waals surface area (Å²) in [5.74, 6) is 1.39. The summed E-state index contributed by atoms with van der Waals surface area (Å²) in [5.41, 5.74) is 2.54. The van der Waals surface area contributed by atoms with Crippen LogP contribution in [0.2, 0.25) is 5.02 Å². The molecule has 33 heavy (non-hydrogen) atoms. The number of amides is 1. The fraction of sp³-hybridized carbons (Fsp3) is 0.320. The van der Waals surface area contributed by atoms with Crippen LogP contribution in [0.3, 0.4) is 0 Å². The van der Waals surface area contributed by atoms with Gasteiger partial charge in [0.25, 0.3) is 5.56 Å². The number of halogens is 1. The smallest absolute Gasteiger partial charge is 0.271 e. The average molecular weight is 467 g/mol. The minimum atomic E-state index is -0.174. The second-order valence-electron chi connectivity index (χ2n) is 8.14. The highest BCUT2D eigenvalue weighted by molar-refractivity contribution is 6.32. The second kappa shape index (κ2) is 10.1. The van der Waals surface area contributed by atoms with Crippen LogP contribution < -0.4 is 15.2 Å². The molecule has 4 rings (SSSR count). The van der Waals surface area contributed by atoms with E-state index in [9.17, 15) is 9.59 Å². The quantitative estimate of drug-likeness (QED) is 0.576. The lowest BCUT2D eigenvalue weighted by Gasteiger charge is -2.23. The molecular weight excluding hydrogens is 440 g/mol. The summed E-state index contributed by atoms with van der Waals surface area (Å²) < 4.78 is 6.61. The lowest BCUT2D eigenvalue weighted by molar-refractivity contribution is -0.130. The van der Waals surface area contributed by atoms with Crippen LogP contribution in [0.4, 0.5) is 5.82 Å². The molecule has 1 saturated heterocycles. The standard InChI is InChI=1S/C25H27ClN4O3/c1-18-4-7-20(8-5-18)30-24(31)11-10-23(27-30)28-12-3-13-29(15-14-28)25(32)17-19-6-9-22(33-2)21(26)16-19/h4-11,16H,3,12-15,17H2,1-2H3. The Hall–Kier alpha value is -3.32. The zero-order chi connectivity index (χ0) is 23.4. The van der Waals surface area contributed by atoms with Gasteiger partial charge in [-0.05, 0) is 49.2 Å². The molecule has 2 heterocycles. The Kier molecular flexibility index (Phi) is 6.99. The third-order valence-electron chi connectivity index (χ3n) is 5.81. The molecule has 1 aliphatic rings. The lowest BCUT2D eigenvalue weighted by atomic mass is 10.1. The molecule has 1 aromatic heterocycles. The highest BCUT2D eigenvalue weighted by Crippen LogP contribution is 2.25. The van der Waals surface area contributed by atoms with E-state index in [2.05, 4.69) is 10.00 Å². The Labute approximate surface area is 198 Å². The number of benzene rings is 2. The van der Waals surface area contributed by atoms with E-state index in [0.717, 1.165) is 35.6 Å². The number of anilines is 1. The van der Waals surface area contributed by atoms with Crippen molar-refractivity contribution >= 4 is 23.3 Å². The number of carbonyl (C=O) groups excluding carboxylic acids is 1. The van der Waals surface area contributed by atoms with Gasteiger partial charge in [0, 0.05) is 32.2 Å².